The minimum atomic E-state index is 0.552. The summed E-state index contributed by atoms with van der Waals surface area (Å²) in [6.07, 6.45) is 3.33. The second kappa shape index (κ2) is 4.55. The fraction of sp³-hybridized carbons (Fsp3) is 0.222. The van der Waals surface area contributed by atoms with Gasteiger partial charge in [0.25, 0.3) is 0 Å². The van der Waals surface area contributed by atoms with E-state index in [4.69, 9.17) is 4.98 Å². The highest BCUT2D eigenvalue weighted by Gasteiger charge is 2.30. The van der Waals surface area contributed by atoms with Crippen LogP contribution in [0.1, 0.15) is 40.5 Å². The van der Waals surface area contributed by atoms with Crippen molar-refractivity contribution in [2.75, 3.05) is 0 Å². The average Bonchev–Trinajstić information content (AvgIpc) is 3.29. The smallest absolute Gasteiger partial charge is 0.150 e. The lowest BCUT2D eigenvalue weighted by molar-refractivity contribution is 0.112. The number of hydrogen-bond donors (Lipinski definition) is 0. The molecule has 3 nitrogen and oxygen atoms in total. The molecule has 2 aromatic carbocycles. The molecule has 0 spiro atoms. The van der Waals surface area contributed by atoms with Gasteiger partial charge in [0.15, 0.2) is 0 Å². The average molecular weight is 276 g/mol. The van der Waals surface area contributed by atoms with Crippen LogP contribution in [0.5, 0.6) is 0 Å². The molecule has 0 saturated heterocycles. The Kier molecular flexibility index (Phi) is 2.67. The van der Waals surface area contributed by atoms with E-state index in [-0.39, 0.29) is 0 Å². The topological polar surface area (TPSA) is 34.9 Å². The summed E-state index contributed by atoms with van der Waals surface area (Å²) in [6.45, 7) is 2.00. The highest BCUT2D eigenvalue weighted by atomic mass is 16.1. The molecule has 1 heterocycles. The van der Waals surface area contributed by atoms with Crippen LogP contribution in [0.3, 0.4) is 0 Å². The van der Waals surface area contributed by atoms with Gasteiger partial charge in [-0.2, -0.15) is 0 Å². The number of para-hydroxylation sites is 2. The highest BCUT2D eigenvalue weighted by Crippen LogP contribution is 2.42. The summed E-state index contributed by atoms with van der Waals surface area (Å²) in [4.78, 5) is 16.0. The van der Waals surface area contributed by atoms with Crippen molar-refractivity contribution in [1.29, 1.82) is 0 Å². The van der Waals surface area contributed by atoms with Crippen LogP contribution in [0.2, 0.25) is 0 Å². The van der Waals surface area contributed by atoms with E-state index in [1.165, 1.54) is 12.8 Å². The zero-order chi connectivity index (χ0) is 14.4. The van der Waals surface area contributed by atoms with Crippen molar-refractivity contribution in [2.24, 2.45) is 0 Å². The molecule has 0 atom stereocenters. The minimum Gasteiger partial charge on any atom is -0.298 e. The van der Waals surface area contributed by atoms with E-state index in [2.05, 4.69) is 22.8 Å². The van der Waals surface area contributed by atoms with Crippen molar-refractivity contribution < 1.29 is 4.79 Å². The van der Waals surface area contributed by atoms with Crippen molar-refractivity contribution in [3.63, 3.8) is 0 Å². The Morgan fingerprint density at radius 3 is 2.71 bits per heavy atom. The van der Waals surface area contributed by atoms with Crippen LogP contribution in [0.4, 0.5) is 0 Å². The van der Waals surface area contributed by atoms with Gasteiger partial charge < -0.3 is 0 Å². The van der Waals surface area contributed by atoms with Gasteiger partial charge >= 0.3 is 0 Å². The predicted molar refractivity (Wildman–Crippen MR) is 83.2 cm³/mol. The second-order valence-corrected chi connectivity index (χ2v) is 5.68. The molecule has 0 amide bonds. The molecule has 1 aliphatic carbocycles. The normalized spacial score (nSPS) is 14.5. The first-order valence-corrected chi connectivity index (χ1v) is 7.32. The van der Waals surface area contributed by atoms with E-state index in [0.29, 0.717) is 5.92 Å². The third-order valence-electron chi connectivity index (χ3n) is 4.24. The van der Waals surface area contributed by atoms with E-state index in [9.17, 15) is 4.79 Å². The van der Waals surface area contributed by atoms with Gasteiger partial charge in [-0.25, -0.2) is 4.98 Å². The number of nitrogens with zero attached hydrogens (tertiary/aromatic N) is 2. The summed E-state index contributed by atoms with van der Waals surface area (Å²) in [6, 6.07) is 14.1. The molecule has 0 N–H and O–H groups in total. The Labute approximate surface area is 123 Å². The maximum atomic E-state index is 11.2. The monoisotopic (exact) mass is 276 g/mol. The van der Waals surface area contributed by atoms with Crippen LogP contribution in [-0.4, -0.2) is 15.8 Å². The van der Waals surface area contributed by atoms with E-state index in [1.807, 2.05) is 31.2 Å². The summed E-state index contributed by atoms with van der Waals surface area (Å²) < 4.78 is 2.23. The summed E-state index contributed by atoms with van der Waals surface area (Å²) in [5.74, 6) is 1.68. The molecule has 4 rings (SSSR count). The van der Waals surface area contributed by atoms with Gasteiger partial charge in [0.1, 0.15) is 12.1 Å². The second-order valence-electron chi connectivity index (χ2n) is 5.68. The van der Waals surface area contributed by atoms with Crippen LogP contribution in [-0.2, 0) is 0 Å². The Balaban J connectivity index is 2.05. The highest BCUT2D eigenvalue weighted by molar-refractivity contribution is 5.82. The van der Waals surface area contributed by atoms with Gasteiger partial charge in [-0.05, 0) is 43.5 Å². The maximum absolute atomic E-state index is 11.2. The number of imidazole rings is 1. The van der Waals surface area contributed by atoms with Gasteiger partial charge in [0, 0.05) is 11.5 Å². The van der Waals surface area contributed by atoms with Crippen molar-refractivity contribution in [1.82, 2.24) is 9.55 Å². The van der Waals surface area contributed by atoms with E-state index >= 15 is 0 Å². The van der Waals surface area contributed by atoms with Gasteiger partial charge in [-0.15, -0.1) is 0 Å². The van der Waals surface area contributed by atoms with Crippen molar-refractivity contribution >= 4 is 17.3 Å². The molecular weight excluding hydrogens is 260 g/mol. The van der Waals surface area contributed by atoms with Gasteiger partial charge in [-0.3, -0.25) is 9.36 Å². The first-order valence-electron chi connectivity index (χ1n) is 7.32. The third kappa shape index (κ3) is 1.88. The van der Waals surface area contributed by atoms with Crippen LogP contribution in [0.25, 0.3) is 16.7 Å². The largest absolute Gasteiger partial charge is 0.298 e. The van der Waals surface area contributed by atoms with Gasteiger partial charge in [0.05, 0.1) is 16.7 Å². The number of hydrogen-bond acceptors (Lipinski definition) is 2. The first-order chi connectivity index (χ1) is 10.3. The standard InChI is InChI=1S/C18H16N2O/c1-12-14(11-21)5-4-8-16(12)20-17-7-3-2-6-15(17)19-18(20)13-9-10-13/h2-8,11,13H,9-10H2,1H3. The number of benzene rings is 2. The van der Waals surface area contributed by atoms with Crippen molar-refractivity contribution in [3.05, 3.63) is 59.4 Å². The number of rotatable bonds is 3. The predicted octanol–water partition coefficient (Wildman–Crippen LogP) is 4.02. The Hall–Kier alpha value is -2.42. The minimum absolute atomic E-state index is 0.552. The zero-order valence-electron chi connectivity index (χ0n) is 11.9. The first kappa shape index (κ1) is 12.3. The number of aldehydes is 1. The molecule has 1 aromatic heterocycles. The SMILES string of the molecule is Cc1c(C=O)cccc1-n1c(C2CC2)nc2ccccc21. The molecule has 0 unspecified atom stereocenters. The molecule has 0 bridgehead atoms. The van der Waals surface area contributed by atoms with E-state index in [0.717, 1.165) is 40.0 Å². The Bertz CT molecular complexity index is 844. The van der Waals surface area contributed by atoms with Crippen LogP contribution in [0.15, 0.2) is 42.5 Å². The van der Waals surface area contributed by atoms with Gasteiger partial charge in [-0.1, -0.05) is 24.3 Å². The molecular formula is C18H16N2O. The lowest BCUT2D eigenvalue weighted by atomic mass is 10.1. The lowest BCUT2D eigenvalue weighted by Gasteiger charge is -2.13. The Morgan fingerprint density at radius 1 is 1.14 bits per heavy atom. The number of aromatic nitrogens is 2. The van der Waals surface area contributed by atoms with Crippen molar-refractivity contribution in [3.8, 4) is 5.69 Å². The molecule has 21 heavy (non-hydrogen) atoms. The molecule has 104 valence electrons. The lowest BCUT2D eigenvalue weighted by Crippen LogP contribution is -2.03. The third-order valence-corrected chi connectivity index (χ3v) is 4.24. The van der Waals surface area contributed by atoms with Crippen molar-refractivity contribution in [2.45, 2.75) is 25.7 Å². The maximum Gasteiger partial charge on any atom is 0.150 e. The number of carbonyl (C=O) groups excluding carboxylic acids is 1. The quantitative estimate of drug-likeness (QED) is 0.677. The number of carbonyl (C=O) groups is 1. The molecule has 0 aliphatic heterocycles. The van der Waals surface area contributed by atoms with Gasteiger partial charge in [0.2, 0.25) is 0 Å². The molecule has 3 heteroatoms. The molecule has 1 aliphatic rings. The molecule has 0 radical (unpaired) electrons. The van der Waals surface area contributed by atoms with E-state index < -0.39 is 0 Å². The summed E-state index contributed by atoms with van der Waals surface area (Å²) in [5.41, 5.74) is 4.96. The fourth-order valence-electron chi connectivity index (χ4n) is 2.92. The molecule has 3 aromatic rings. The van der Waals surface area contributed by atoms with E-state index in [1.54, 1.807) is 0 Å². The molecule has 1 fully saturated rings. The molecule has 1 saturated carbocycles. The number of fused-ring (bicyclic) bond motifs is 1. The fourth-order valence-corrected chi connectivity index (χ4v) is 2.92. The summed E-state index contributed by atoms with van der Waals surface area (Å²) >= 11 is 0. The van der Waals surface area contributed by atoms with Crippen LogP contribution >= 0.6 is 0 Å². The zero-order valence-corrected chi connectivity index (χ0v) is 11.9. The summed E-state index contributed by atoms with van der Waals surface area (Å²) in [7, 11) is 0. The summed E-state index contributed by atoms with van der Waals surface area (Å²) in [5, 5.41) is 0. The van der Waals surface area contributed by atoms with Crippen LogP contribution < -0.4 is 0 Å². The Morgan fingerprint density at radius 2 is 1.95 bits per heavy atom. The van der Waals surface area contributed by atoms with Crippen LogP contribution in [0, 0.1) is 6.92 Å².